The zero-order valence-electron chi connectivity index (χ0n) is 16.5. The van der Waals surface area contributed by atoms with E-state index in [0.29, 0.717) is 13.2 Å². The van der Waals surface area contributed by atoms with Crippen molar-refractivity contribution in [1.82, 2.24) is 10.2 Å². The van der Waals surface area contributed by atoms with Crippen molar-refractivity contribution in [3.63, 3.8) is 0 Å². The summed E-state index contributed by atoms with van der Waals surface area (Å²) >= 11 is 0. The highest BCUT2D eigenvalue weighted by molar-refractivity contribution is 6.01. The van der Waals surface area contributed by atoms with E-state index in [1.165, 1.54) is 0 Å². The van der Waals surface area contributed by atoms with E-state index in [0.717, 1.165) is 40.2 Å². The maximum atomic E-state index is 13.0. The highest BCUT2D eigenvalue weighted by Crippen LogP contribution is 2.31. The molecular weight excluding hydrogens is 368 g/mol. The summed E-state index contributed by atoms with van der Waals surface area (Å²) in [6.07, 6.45) is 4.37. The Bertz CT molecular complexity index is 987. The number of rotatable bonds is 7. The van der Waals surface area contributed by atoms with Crippen LogP contribution in [0.25, 0.3) is 11.1 Å². The molecule has 1 aliphatic rings. The summed E-state index contributed by atoms with van der Waals surface area (Å²) in [5.74, 6) is 0.823. The van der Waals surface area contributed by atoms with Gasteiger partial charge >= 0.3 is 0 Å². The molecule has 4 rings (SSSR count). The number of hydrogen-bond donors (Lipinski definition) is 2. The van der Waals surface area contributed by atoms with Crippen molar-refractivity contribution in [2.45, 2.75) is 19.1 Å². The third-order valence-electron chi connectivity index (χ3n) is 5.13. The molecule has 2 aromatic carbocycles. The van der Waals surface area contributed by atoms with Gasteiger partial charge in [0.1, 0.15) is 11.8 Å². The lowest BCUT2D eigenvalue weighted by molar-refractivity contribution is -0.117. The molecule has 0 aliphatic carbocycles. The predicted molar refractivity (Wildman–Crippen MR) is 112 cm³/mol. The first-order valence-corrected chi connectivity index (χ1v) is 9.52. The van der Waals surface area contributed by atoms with Crippen LogP contribution in [0.15, 0.2) is 54.9 Å². The molecule has 3 aromatic rings. The van der Waals surface area contributed by atoms with Crippen LogP contribution in [0.4, 0.5) is 11.4 Å². The maximum Gasteiger partial charge on any atom is 0.249 e. The zero-order chi connectivity index (χ0) is 20.2. The van der Waals surface area contributed by atoms with Gasteiger partial charge in [-0.05, 0) is 41.8 Å². The summed E-state index contributed by atoms with van der Waals surface area (Å²) in [7, 11) is 3.30. The van der Waals surface area contributed by atoms with E-state index in [-0.39, 0.29) is 11.9 Å². The van der Waals surface area contributed by atoms with Gasteiger partial charge in [0.05, 0.1) is 19.9 Å². The topological polar surface area (TPSA) is 79.5 Å². The standard InChI is InChI=1S/C22H24N4O3/c1-28-14-15-10-18(6-7-20(15)16-12-23-24-13-16)26-9-8-21(22(26)27)25-17-4-3-5-19(11-17)29-2/h3-7,10-13,21,25H,8-9,14H2,1-2H3,(H,23,24). The van der Waals surface area contributed by atoms with E-state index in [2.05, 4.69) is 15.5 Å². The quantitative estimate of drug-likeness (QED) is 0.644. The average molecular weight is 392 g/mol. The van der Waals surface area contributed by atoms with Crippen molar-refractivity contribution in [3.05, 3.63) is 60.4 Å². The van der Waals surface area contributed by atoms with Crippen LogP contribution < -0.4 is 15.0 Å². The summed E-state index contributed by atoms with van der Waals surface area (Å²) in [5, 5.41) is 10.2. The summed E-state index contributed by atoms with van der Waals surface area (Å²) in [5.41, 5.74) is 4.81. The fourth-order valence-electron chi connectivity index (χ4n) is 3.69. The smallest absolute Gasteiger partial charge is 0.249 e. The highest BCUT2D eigenvalue weighted by atomic mass is 16.5. The molecule has 1 fully saturated rings. The van der Waals surface area contributed by atoms with Crippen LogP contribution in [0.3, 0.4) is 0 Å². The number of aromatic nitrogens is 2. The number of nitrogens with zero attached hydrogens (tertiary/aromatic N) is 2. The molecule has 7 nitrogen and oxygen atoms in total. The van der Waals surface area contributed by atoms with E-state index in [4.69, 9.17) is 9.47 Å². The van der Waals surface area contributed by atoms with Gasteiger partial charge in [-0.2, -0.15) is 5.10 Å². The number of carbonyl (C=O) groups is 1. The molecule has 1 amide bonds. The van der Waals surface area contributed by atoms with Gasteiger partial charge in [-0.3, -0.25) is 9.89 Å². The van der Waals surface area contributed by atoms with Crippen LogP contribution in [0, 0.1) is 0 Å². The fourth-order valence-corrected chi connectivity index (χ4v) is 3.69. The molecule has 150 valence electrons. The van der Waals surface area contributed by atoms with Crippen LogP contribution in [0.5, 0.6) is 5.75 Å². The second-order valence-electron chi connectivity index (χ2n) is 6.97. The predicted octanol–water partition coefficient (Wildman–Crippen LogP) is 3.45. The molecule has 1 unspecified atom stereocenters. The minimum absolute atomic E-state index is 0.0623. The van der Waals surface area contributed by atoms with E-state index in [1.807, 2.05) is 53.6 Å². The lowest BCUT2D eigenvalue weighted by Crippen LogP contribution is -2.33. The van der Waals surface area contributed by atoms with Crippen molar-refractivity contribution >= 4 is 17.3 Å². The van der Waals surface area contributed by atoms with Gasteiger partial charge in [-0.15, -0.1) is 0 Å². The van der Waals surface area contributed by atoms with Gasteiger partial charge in [-0.25, -0.2) is 0 Å². The second-order valence-corrected chi connectivity index (χ2v) is 6.97. The number of methoxy groups -OCH3 is 2. The van der Waals surface area contributed by atoms with Crippen molar-refractivity contribution < 1.29 is 14.3 Å². The molecule has 0 radical (unpaired) electrons. The molecule has 1 aromatic heterocycles. The number of ether oxygens (including phenoxy) is 2. The van der Waals surface area contributed by atoms with E-state index in [9.17, 15) is 4.79 Å². The molecule has 1 atom stereocenters. The Balaban J connectivity index is 1.54. The number of aromatic amines is 1. The van der Waals surface area contributed by atoms with E-state index >= 15 is 0 Å². The number of carbonyl (C=O) groups excluding carboxylic acids is 1. The number of hydrogen-bond acceptors (Lipinski definition) is 5. The molecule has 2 N–H and O–H groups in total. The van der Waals surface area contributed by atoms with Gasteiger partial charge in [0.15, 0.2) is 0 Å². The number of amides is 1. The van der Waals surface area contributed by atoms with Crippen LogP contribution in [-0.4, -0.2) is 42.9 Å². The third kappa shape index (κ3) is 3.95. The minimum Gasteiger partial charge on any atom is -0.497 e. The second kappa shape index (κ2) is 8.36. The van der Waals surface area contributed by atoms with Crippen molar-refractivity contribution in [2.75, 3.05) is 31.0 Å². The molecule has 0 spiro atoms. The van der Waals surface area contributed by atoms with E-state index in [1.54, 1.807) is 20.4 Å². The number of anilines is 2. The molecule has 0 saturated carbocycles. The molecule has 1 saturated heterocycles. The Morgan fingerprint density at radius 3 is 2.90 bits per heavy atom. The first-order chi connectivity index (χ1) is 14.2. The zero-order valence-corrected chi connectivity index (χ0v) is 16.5. The van der Waals surface area contributed by atoms with Crippen LogP contribution >= 0.6 is 0 Å². The first-order valence-electron chi connectivity index (χ1n) is 9.52. The molecule has 29 heavy (non-hydrogen) atoms. The maximum absolute atomic E-state index is 13.0. The Labute approximate surface area is 169 Å². The summed E-state index contributed by atoms with van der Waals surface area (Å²) < 4.78 is 10.6. The van der Waals surface area contributed by atoms with Crippen molar-refractivity contribution in [2.24, 2.45) is 0 Å². The summed E-state index contributed by atoms with van der Waals surface area (Å²) in [4.78, 5) is 14.9. The van der Waals surface area contributed by atoms with Gasteiger partial charge in [-0.1, -0.05) is 12.1 Å². The Hall–Kier alpha value is -3.32. The normalized spacial score (nSPS) is 16.3. The number of H-pyrrole nitrogens is 1. The van der Waals surface area contributed by atoms with Gasteiger partial charge < -0.3 is 19.7 Å². The highest BCUT2D eigenvalue weighted by Gasteiger charge is 2.32. The van der Waals surface area contributed by atoms with Crippen LogP contribution in [0.2, 0.25) is 0 Å². The van der Waals surface area contributed by atoms with Crippen molar-refractivity contribution in [1.29, 1.82) is 0 Å². The fraction of sp³-hybridized carbons (Fsp3) is 0.273. The largest absolute Gasteiger partial charge is 0.497 e. The average Bonchev–Trinajstić information content (AvgIpc) is 3.39. The summed E-state index contributed by atoms with van der Waals surface area (Å²) in [6, 6.07) is 13.4. The van der Waals surface area contributed by atoms with Crippen LogP contribution in [-0.2, 0) is 16.1 Å². The minimum atomic E-state index is -0.262. The Morgan fingerprint density at radius 2 is 2.14 bits per heavy atom. The first kappa shape index (κ1) is 19.0. The van der Waals surface area contributed by atoms with Gasteiger partial charge in [0, 0.05) is 42.9 Å². The summed E-state index contributed by atoms with van der Waals surface area (Å²) in [6.45, 7) is 1.12. The monoisotopic (exact) mass is 392 g/mol. The van der Waals surface area contributed by atoms with Crippen molar-refractivity contribution in [3.8, 4) is 16.9 Å². The Kier molecular flexibility index (Phi) is 5.48. The van der Waals surface area contributed by atoms with Gasteiger partial charge in [0.25, 0.3) is 0 Å². The lowest BCUT2D eigenvalue weighted by Gasteiger charge is -2.20. The molecule has 0 bridgehead atoms. The SMILES string of the molecule is COCc1cc(N2CCC(Nc3cccc(OC)c3)C2=O)ccc1-c1cn[nH]c1. The third-order valence-corrected chi connectivity index (χ3v) is 5.13. The Morgan fingerprint density at radius 1 is 1.24 bits per heavy atom. The van der Waals surface area contributed by atoms with Gasteiger partial charge in [0.2, 0.25) is 5.91 Å². The van der Waals surface area contributed by atoms with E-state index < -0.39 is 0 Å². The number of benzene rings is 2. The number of nitrogens with one attached hydrogen (secondary N) is 2. The van der Waals surface area contributed by atoms with Crippen LogP contribution in [0.1, 0.15) is 12.0 Å². The molecular formula is C22H24N4O3. The molecule has 1 aliphatic heterocycles. The lowest BCUT2D eigenvalue weighted by atomic mass is 10.0. The molecule has 7 heteroatoms. The molecule has 2 heterocycles.